The fourth-order valence-electron chi connectivity index (χ4n) is 2.57. The molecule has 0 radical (unpaired) electrons. The third-order valence-corrected chi connectivity index (χ3v) is 6.55. The number of methoxy groups -OCH3 is 1. The van der Waals surface area contributed by atoms with E-state index in [1.54, 1.807) is 7.11 Å². The largest absolute Gasteiger partial charge is 0.497 e. The molecular weight excluding hydrogens is 284 g/mol. The summed E-state index contributed by atoms with van der Waals surface area (Å²) in [7, 11) is -1.39. The molecule has 1 aromatic rings. The van der Waals surface area contributed by atoms with E-state index in [1.165, 1.54) is 11.8 Å². The molecule has 0 unspecified atom stereocenters. The number of nitrogens with zero attached hydrogens (tertiary/aromatic N) is 1. The predicted octanol–water partition coefficient (Wildman–Crippen LogP) is 1.35. The van der Waals surface area contributed by atoms with Crippen LogP contribution in [0.1, 0.15) is 0 Å². The summed E-state index contributed by atoms with van der Waals surface area (Å²) in [6.07, 6.45) is 0. The van der Waals surface area contributed by atoms with E-state index in [-0.39, 0.29) is 22.8 Å². The zero-order chi connectivity index (χ0) is 13.6. The van der Waals surface area contributed by atoms with E-state index < -0.39 is 9.84 Å². The van der Waals surface area contributed by atoms with Crippen LogP contribution in [-0.4, -0.2) is 43.5 Å². The molecule has 2 saturated heterocycles. The summed E-state index contributed by atoms with van der Waals surface area (Å²) in [5.41, 5.74) is 0.821. The molecule has 102 valence electrons. The first-order valence-electron chi connectivity index (χ1n) is 5.89. The smallest absolute Gasteiger partial charge is 0.161 e. The molecule has 3 rings (SSSR count). The van der Waals surface area contributed by atoms with Crippen LogP contribution in [0.25, 0.3) is 0 Å². The average molecular weight is 298 g/mol. The molecule has 2 atom stereocenters. The summed E-state index contributed by atoms with van der Waals surface area (Å²) in [5.74, 6) is 1.01. The van der Waals surface area contributed by atoms with E-state index in [0.29, 0.717) is 10.9 Å². The fourth-order valence-corrected chi connectivity index (χ4v) is 6.36. The molecule has 0 amide bonds. The van der Waals surface area contributed by atoms with Crippen molar-refractivity contribution in [3.05, 3.63) is 24.3 Å². The number of benzene rings is 1. The van der Waals surface area contributed by atoms with Crippen molar-refractivity contribution in [2.24, 2.45) is 0 Å². The molecule has 2 aliphatic rings. The van der Waals surface area contributed by atoms with Crippen molar-refractivity contribution < 1.29 is 13.2 Å². The van der Waals surface area contributed by atoms with Gasteiger partial charge in [0, 0.05) is 17.0 Å². The molecule has 0 bridgehead atoms. The lowest BCUT2D eigenvalue weighted by molar-refractivity contribution is 0.415. The normalized spacial score (nSPS) is 28.5. The molecular formula is C12H14N2O3S2. The topological polar surface area (TPSA) is 70.5 Å². The third kappa shape index (κ3) is 2.21. The van der Waals surface area contributed by atoms with E-state index >= 15 is 0 Å². The first-order valence-corrected chi connectivity index (χ1v) is 8.59. The minimum Gasteiger partial charge on any atom is -0.497 e. The Kier molecular flexibility index (Phi) is 2.98. The summed E-state index contributed by atoms with van der Waals surface area (Å²) in [6, 6.07) is 7.27. The summed E-state index contributed by atoms with van der Waals surface area (Å²) < 4.78 is 28.6. The number of hydrogen-bond donors (Lipinski definition) is 1. The highest BCUT2D eigenvalue weighted by Gasteiger charge is 2.48. The molecule has 0 aliphatic carbocycles. The quantitative estimate of drug-likeness (QED) is 0.892. The van der Waals surface area contributed by atoms with Crippen LogP contribution in [0.4, 0.5) is 5.69 Å². The Balaban J connectivity index is 1.97. The third-order valence-electron chi connectivity index (χ3n) is 3.42. The lowest BCUT2D eigenvalue weighted by atomic mass is 10.2. The van der Waals surface area contributed by atoms with Gasteiger partial charge in [-0.05, 0) is 12.1 Å². The standard InChI is InChI=1S/C12H14N2O3S2/c1-17-9-4-2-3-8(5-9)14-10-6-19(15,16)7-11(10)18-12(14)13/h2-5,10-11,13H,6-7H2,1H3/t10-,11-/m0/s1. The van der Waals surface area contributed by atoms with Crippen molar-refractivity contribution in [3.8, 4) is 5.75 Å². The van der Waals surface area contributed by atoms with Gasteiger partial charge in [-0.15, -0.1) is 0 Å². The minimum atomic E-state index is -2.98. The van der Waals surface area contributed by atoms with Gasteiger partial charge in [-0.1, -0.05) is 17.8 Å². The van der Waals surface area contributed by atoms with Crippen LogP contribution in [0.5, 0.6) is 5.75 Å². The molecule has 0 saturated carbocycles. The predicted molar refractivity (Wildman–Crippen MR) is 77.0 cm³/mol. The SMILES string of the molecule is COc1cccc(N2C(=N)S[C@H]3CS(=O)(=O)C[C@@H]32)c1. The highest BCUT2D eigenvalue weighted by atomic mass is 32.2. The summed E-state index contributed by atoms with van der Waals surface area (Å²) >= 11 is 1.34. The van der Waals surface area contributed by atoms with Gasteiger partial charge >= 0.3 is 0 Å². The van der Waals surface area contributed by atoms with Crippen LogP contribution in [-0.2, 0) is 9.84 Å². The number of fused-ring (bicyclic) bond motifs is 1. The molecule has 0 aromatic heterocycles. The number of hydrogen-bond acceptors (Lipinski definition) is 5. The second kappa shape index (κ2) is 4.42. The molecule has 2 aliphatic heterocycles. The maximum absolute atomic E-state index is 11.7. The Morgan fingerprint density at radius 3 is 2.95 bits per heavy atom. The van der Waals surface area contributed by atoms with Gasteiger partial charge in [0.2, 0.25) is 0 Å². The highest BCUT2D eigenvalue weighted by molar-refractivity contribution is 8.15. The van der Waals surface area contributed by atoms with Crippen LogP contribution in [0.3, 0.4) is 0 Å². The lowest BCUT2D eigenvalue weighted by Crippen LogP contribution is -2.37. The Morgan fingerprint density at radius 1 is 1.42 bits per heavy atom. The summed E-state index contributed by atoms with van der Waals surface area (Å²) in [6.45, 7) is 0. The lowest BCUT2D eigenvalue weighted by Gasteiger charge is -2.24. The first-order chi connectivity index (χ1) is 9.00. The maximum Gasteiger partial charge on any atom is 0.161 e. The van der Waals surface area contributed by atoms with E-state index in [0.717, 1.165) is 5.69 Å². The van der Waals surface area contributed by atoms with Gasteiger partial charge in [0.05, 0.1) is 24.7 Å². The zero-order valence-electron chi connectivity index (χ0n) is 10.4. The van der Waals surface area contributed by atoms with E-state index in [2.05, 4.69) is 0 Å². The number of ether oxygens (including phenoxy) is 1. The number of rotatable bonds is 2. The van der Waals surface area contributed by atoms with E-state index in [1.807, 2.05) is 29.2 Å². The van der Waals surface area contributed by atoms with E-state index in [4.69, 9.17) is 10.1 Å². The highest BCUT2D eigenvalue weighted by Crippen LogP contribution is 2.40. The van der Waals surface area contributed by atoms with Gasteiger partial charge in [-0.2, -0.15) is 0 Å². The van der Waals surface area contributed by atoms with Crippen molar-refractivity contribution in [1.29, 1.82) is 5.41 Å². The number of amidine groups is 1. The number of thioether (sulfide) groups is 1. The van der Waals surface area contributed by atoms with Gasteiger partial charge in [-0.3, -0.25) is 5.41 Å². The molecule has 2 fully saturated rings. The van der Waals surface area contributed by atoms with E-state index in [9.17, 15) is 8.42 Å². The van der Waals surface area contributed by atoms with Crippen LogP contribution in [0.2, 0.25) is 0 Å². The first kappa shape index (κ1) is 12.8. The van der Waals surface area contributed by atoms with Crippen LogP contribution >= 0.6 is 11.8 Å². The van der Waals surface area contributed by atoms with Gasteiger partial charge in [0.15, 0.2) is 15.0 Å². The molecule has 0 spiro atoms. The van der Waals surface area contributed by atoms with Gasteiger partial charge in [0.1, 0.15) is 5.75 Å². The molecule has 19 heavy (non-hydrogen) atoms. The number of sulfone groups is 1. The van der Waals surface area contributed by atoms with Crippen LogP contribution < -0.4 is 9.64 Å². The minimum absolute atomic E-state index is 0.0244. The number of anilines is 1. The van der Waals surface area contributed by atoms with Gasteiger partial charge < -0.3 is 9.64 Å². The van der Waals surface area contributed by atoms with Gasteiger partial charge in [-0.25, -0.2) is 8.42 Å². The number of nitrogens with one attached hydrogen (secondary N) is 1. The second-order valence-electron chi connectivity index (χ2n) is 4.68. The molecule has 1 aromatic carbocycles. The van der Waals surface area contributed by atoms with Crippen molar-refractivity contribution in [3.63, 3.8) is 0 Å². The fraction of sp³-hybridized carbons (Fsp3) is 0.417. The molecule has 7 heteroatoms. The molecule has 2 heterocycles. The molecule has 1 N–H and O–H groups in total. The van der Waals surface area contributed by atoms with Crippen molar-refractivity contribution in [2.75, 3.05) is 23.5 Å². The maximum atomic E-state index is 11.7. The zero-order valence-corrected chi connectivity index (χ0v) is 12.0. The summed E-state index contributed by atoms with van der Waals surface area (Å²) in [5, 5.41) is 8.44. The Hall–Kier alpha value is -1.21. The Bertz CT molecular complexity index is 630. The van der Waals surface area contributed by atoms with Crippen molar-refractivity contribution >= 4 is 32.5 Å². The van der Waals surface area contributed by atoms with Gasteiger partial charge in [0.25, 0.3) is 0 Å². The average Bonchev–Trinajstić information content (AvgIpc) is 2.79. The Labute approximate surface area is 116 Å². The van der Waals surface area contributed by atoms with Crippen LogP contribution in [0, 0.1) is 5.41 Å². The van der Waals surface area contributed by atoms with Crippen molar-refractivity contribution in [1.82, 2.24) is 0 Å². The monoisotopic (exact) mass is 298 g/mol. The summed E-state index contributed by atoms with van der Waals surface area (Å²) in [4.78, 5) is 1.81. The van der Waals surface area contributed by atoms with Crippen molar-refractivity contribution in [2.45, 2.75) is 11.3 Å². The van der Waals surface area contributed by atoms with Crippen LogP contribution in [0.15, 0.2) is 24.3 Å². The Morgan fingerprint density at radius 2 is 2.21 bits per heavy atom. The second-order valence-corrected chi connectivity index (χ2v) is 8.06. The molecule has 5 nitrogen and oxygen atoms in total.